The lowest BCUT2D eigenvalue weighted by Crippen LogP contribution is -2.30. The van der Waals surface area contributed by atoms with E-state index in [9.17, 15) is 9.59 Å². The van der Waals surface area contributed by atoms with Gasteiger partial charge < -0.3 is 10.1 Å². The molecule has 0 aromatic heterocycles. The van der Waals surface area contributed by atoms with Crippen molar-refractivity contribution in [3.8, 4) is 0 Å². The number of ketones is 1. The van der Waals surface area contributed by atoms with Gasteiger partial charge in [0.1, 0.15) is 6.61 Å². The average molecular weight is 362 g/mol. The molecule has 0 aliphatic carbocycles. The first kappa shape index (κ1) is 16.2. The Morgan fingerprint density at radius 3 is 2.45 bits per heavy atom. The number of ether oxygens (including phenoxy) is 1. The number of benzene rings is 2. The van der Waals surface area contributed by atoms with Gasteiger partial charge in [0.25, 0.3) is 0 Å². The molecule has 0 aliphatic rings. The van der Waals surface area contributed by atoms with Crippen LogP contribution in [-0.2, 0) is 22.6 Å². The van der Waals surface area contributed by atoms with Crippen LogP contribution >= 0.6 is 15.9 Å². The van der Waals surface area contributed by atoms with E-state index < -0.39 is 6.09 Å². The number of hydrogen-bond donors (Lipinski definition) is 1. The molecule has 5 heteroatoms. The molecule has 22 heavy (non-hydrogen) atoms. The SMILES string of the molecule is O=C(CNC(=O)OCc1ccccc1)Cc1cccc(Br)c1. The van der Waals surface area contributed by atoms with Crippen molar-refractivity contribution < 1.29 is 14.3 Å². The Kier molecular flexibility index (Phi) is 6.15. The van der Waals surface area contributed by atoms with Crippen molar-refractivity contribution in [2.45, 2.75) is 13.0 Å². The van der Waals surface area contributed by atoms with Gasteiger partial charge in [-0.25, -0.2) is 4.79 Å². The van der Waals surface area contributed by atoms with Crippen LogP contribution in [0.3, 0.4) is 0 Å². The zero-order chi connectivity index (χ0) is 15.8. The molecule has 1 N–H and O–H groups in total. The van der Waals surface area contributed by atoms with Crippen molar-refractivity contribution in [1.82, 2.24) is 5.32 Å². The minimum atomic E-state index is -0.591. The Bertz CT molecular complexity index is 643. The molecule has 0 heterocycles. The molecule has 0 spiro atoms. The first-order valence-corrected chi connectivity index (χ1v) is 7.63. The van der Waals surface area contributed by atoms with Gasteiger partial charge in [-0.15, -0.1) is 0 Å². The zero-order valence-corrected chi connectivity index (χ0v) is 13.5. The number of carbonyl (C=O) groups excluding carboxylic acids is 2. The Balaban J connectivity index is 1.70. The highest BCUT2D eigenvalue weighted by Crippen LogP contribution is 2.12. The maximum atomic E-state index is 11.8. The van der Waals surface area contributed by atoms with Gasteiger partial charge in [0, 0.05) is 10.9 Å². The largest absolute Gasteiger partial charge is 0.445 e. The molecular formula is C17H16BrNO3. The third-order valence-electron chi connectivity index (χ3n) is 2.93. The van der Waals surface area contributed by atoms with E-state index in [4.69, 9.17) is 4.74 Å². The summed E-state index contributed by atoms with van der Waals surface area (Å²) in [6.45, 7) is 0.145. The Hall–Kier alpha value is -2.14. The van der Waals surface area contributed by atoms with Crippen LogP contribution in [0.2, 0.25) is 0 Å². The van der Waals surface area contributed by atoms with Gasteiger partial charge in [-0.3, -0.25) is 4.79 Å². The predicted octanol–water partition coefficient (Wildman–Crippen LogP) is 3.49. The standard InChI is InChI=1S/C17H16BrNO3/c18-15-8-4-7-14(9-15)10-16(20)11-19-17(21)22-12-13-5-2-1-3-6-13/h1-9H,10-12H2,(H,19,21). The highest BCUT2D eigenvalue weighted by atomic mass is 79.9. The van der Waals surface area contributed by atoms with Crippen molar-refractivity contribution in [2.24, 2.45) is 0 Å². The summed E-state index contributed by atoms with van der Waals surface area (Å²) in [4.78, 5) is 23.4. The van der Waals surface area contributed by atoms with Crippen molar-refractivity contribution in [2.75, 3.05) is 6.54 Å². The minimum absolute atomic E-state index is 0.0415. The van der Waals surface area contributed by atoms with Gasteiger partial charge in [0.2, 0.25) is 0 Å². The van der Waals surface area contributed by atoms with Gasteiger partial charge in [-0.1, -0.05) is 58.4 Å². The molecular weight excluding hydrogens is 346 g/mol. The molecule has 0 atom stereocenters. The summed E-state index contributed by atoms with van der Waals surface area (Å²) in [6, 6.07) is 16.9. The van der Waals surface area contributed by atoms with Crippen LogP contribution in [0.5, 0.6) is 0 Å². The van der Waals surface area contributed by atoms with E-state index >= 15 is 0 Å². The van der Waals surface area contributed by atoms with E-state index in [-0.39, 0.29) is 25.4 Å². The third kappa shape index (κ3) is 5.69. The summed E-state index contributed by atoms with van der Waals surface area (Å²) in [5.74, 6) is -0.0743. The molecule has 0 bridgehead atoms. The zero-order valence-electron chi connectivity index (χ0n) is 11.9. The molecule has 0 saturated heterocycles. The highest BCUT2D eigenvalue weighted by Gasteiger charge is 2.08. The quantitative estimate of drug-likeness (QED) is 0.856. The van der Waals surface area contributed by atoms with Crippen LogP contribution in [0.1, 0.15) is 11.1 Å². The van der Waals surface area contributed by atoms with Crippen molar-refractivity contribution in [3.05, 3.63) is 70.2 Å². The summed E-state index contributed by atoms with van der Waals surface area (Å²) >= 11 is 3.36. The van der Waals surface area contributed by atoms with Crippen molar-refractivity contribution >= 4 is 27.8 Å². The molecule has 4 nitrogen and oxygen atoms in total. The van der Waals surface area contributed by atoms with E-state index in [0.29, 0.717) is 0 Å². The number of rotatable bonds is 6. The lowest BCUT2D eigenvalue weighted by molar-refractivity contribution is -0.117. The van der Waals surface area contributed by atoms with Gasteiger partial charge >= 0.3 is 6.09 Å². The number of halogens is 1. The number of hydrogen-bond acceptors (Lipinski definition) is 3. The van der Waals surface area contributed by atoms with Crippen LogP contribution in [0.25, 0.3) is 0 Å². The van der Waals surface area contributed by atoms with Gasteiger partial charge in [-0.05, 0) is 23.3 Å². The first-order chi connectivity index (χ1) is 10.6. The molecule has 0 saturated carbocycles. The second-order valence-corrected chi connectivity index (χ2v) is 5.68. The van der Waals surface area contributed by atoms with Gasteiger partial charge in [0.05, 0.1) is 6.54 Å². The van der Waals surface area contributed by atoms with Crippen LogP contribution in [0, 0.1) is 0 Å². The normalized spacial score (nSPS) is 10.0. The fourth-order valence-corrected chi connectivity index (χ4v) is 2.33. The molecule has 114 valence electrons. The molecule has 0 fully saturated rings. The number of amides is 1. The van der Waals surface area contributed by atoms with Crippen LogP contribution in [0.4, 0.5) is 4.79 Å². The summed E-state index contributed by atoms with van der Waals surface area (Å²) < 4.78 is 5.96. The lowest BCUT2D eigenvalue weighted by atomic mass is 10.1. The molecule has 2 aromatic carbocycles. The molecule has 2 rings (SSSR count). The average Bonchev–Trinajstić information content (AvgIpc) is 2.52. The highest BCUT2D eigenvalue weighted by molar-refractivity contribution is 9.10. The topological polar surface area (TPSA) is 55.4 Å². The summed E-state index contributed by atoms with van der Waals surface area (Å²) in [7, 11) is 0. The number of nitrogens with one attached hydrogen (secondary N) is 1. The van der Waals surface area contributed by atoms with Crippen LogP contribution < -0.4 is 5.32 Å². The fourth-order valence-electron chi connectivity index (χ4n) is 1.88. The van der Waals surface area contributed by atoms with Crippen molar-refractivity contribution in [1.29, 1.82) is 0 Å². The maximum absolute atomic E-state index is 11.8. The van der Waals surface area contributed by atoms with E-state index in [1.807, 2.05) is 54.6 Å². The summed E-state index contributed by atoms with van der Waals surface area (Å²) in [6.07, 6.45) is -0.315. The fraction of sp³-hybridized carbons (Fsp3) is 0.176. The van der Waals surface area contributed by atoms with Gasteiger partial charge in [0.15, 0.2) is 5.78 Å². The number of alkyl carbamates (subject to hydrolysis) is 1. The smallest absolute Gasteiger partial charge is 0.407 e. The summed E-state index contributed by atoms with van der Waals surface area (Å²) in [5.41, 5.74) is 1.80. The minimum Gasteiger partial charge on any atom is -0.445 e. The van der Waals surface area contributed by atoms with E-state index in [1.165, 1.54) is 0 Å². The molecule has 0 aliphatic heterocycles. The monoisotopic (exact) mass is 361 g/mol. The maximum Gasteiger partial charge on any atom is 0.407 e. The molecule has 0 unspecified atom stereocenters. The first-order valence-electron chi connectivity index (χ1n) is 6.84. The van der Waals surface area contributed by atoms with E-state index in [2.05, 4.69) is 21.2 Å². The number of Topliss-reactive ketones (excluding diaryl/α,β-unsaturated/α-hetero) is 1. The summed E-state index contributed by atoms with van der Waals surface area (Å²) in [5, 5.41) is 2.47. The molecule has 2 aromatic rings. The van der Waals surface area contributed by atoms with Crippen LogP contribution in [-0.4, -0.2) is 18.4 Å². The Morgan fingerprint density at radius 1 is 1.00 bits per heavy atom. The number of carbonyl (C=O) groups is 2. The lowest BCUT2D eigenvalue weighted by Gasteiger charge is -2.07. The van der Waals surface area contributed by atoms with Gasteiger partial charge in [-0.2, -0.15) is 0 Å². The second kappa shape index (κ2) is 8.34. The van der Waals surface area contributed by atoms with Crippen molar-refractivity contribution in [3.63, 3.8) is 0 Å². The predicted molar refractivity (Wildman–Crippen MR) is 87.5 cm³/mol. The molecule has 1 amide bonds. The third-order valence-corrected chi connectivity index (χ3v) is 3.43. The van der Waals surface area contributed by atoms with E-state index in [0.717, 1.165) is 15.6 Å². The van der Waals surface area contributed by atoms with E-state index in [1.54, 1.807) is 0 Å². The molecule has 0 radical (unpaired) electrons. The Morgan fingerprint density at radius 2 is 1.73 bits per heavy atom. The Labute approximate surface area is 137 Å². The van der Waals surface area contributed by atoms with Crippen LogP contribution in [0.15, 0.2) is 59.1 Å². The second-order valence-electron chi connectivity index (χ2n) is 4.76.